The van der Waals surface area contributed by atoms with Gasteiger partial charge in [-0.1, -0.05) is 24.3 Å². The molecule has 0 unspecified atom stereocenters. The van der Waals surface area contributed by atoms with Crippen LogP contribution in [0.2, 0.25) is 0 Å². The van der Waals surface area contributed by atoms with Crippen LogP contribution >= 0.6 is 23.6 Å². The number of thiophene rings is 1. The molecule has 0 amide bonds. The predicted molar refractivity (Wildman–Crippen MR) is 119 cm³/mol. The maximum atomic E-state index is 5.63. The van der Waals surface area contributed by atoms with Gasteiger partial charge in [-0.3, -0.25) is 0 Å². The van der Waals surface area contributed by atoms with Crippen LogP contribution in [0.5, 0.6) is 0 Å². The summed E-state index contributed by atoms with van der Waals surface area (Å²) in [6.07, 6.45) is 0. The van der Waals surface area contributed by atoms with Gasteiger partial charge in [-0.25, -0.2) is 0 Å². The van der Waals surface area contributed by atoms with E-state index in [4.69, 9.17) is 12.2 Å². The molecule has 146 valence electrons. The third-order valence-corrected chi connectivity index (χ3v) is 6.82. The number of hydrogen-bond donors (Lipinski definition) is 4. The van der Waals surface area contributed by atoms with E-state index in [9.17, 15) is 0 Å². The summed E-state index contributed by atoms with van der Waals surface area (Å²) >= 11 is 7.49. The molecule has 1 aromatic carbocycles. The Balaban J connectivity index is 1.67. The number of rotatable bonds is 6. The number of anilines is 1. The molecule has 0 radical (unpaired) electrons. The monoisotopic (exact) mass is 404 g/mol. The molecule has 2 aromatic rings. The van der Waals surface area contributed by atoms with E-state index in [2.05, 4.69) is 61.1 Å². The van der Waals surface area contributed by atoms with Gasteiger partial charge in [-0.2, -0.15) is 0 Å². The molecule has 2 atom stereocenters. The zero-order valence-corrected chi connectivity index (χ0v) is 18.2. The minimum absolute atomic E-state index is 0.269. The standard InChI is InChI=1S/C21H30N4S2/c1-4-24-11-13-25(14-12-24)20(19-10-7-15-27-19)17(3)22-21(26)23-18-9-6-5-8-16(18)2/h5-10,15,17,20H,4,11-14H2,1-3H3,(H2,22,23,26)/p+2/t17-,20+/m0/s1. The number of para-hydroxylation sites is 1. The van der Waals surface area contributed by atoms with Gasteiger partial charge in [-0.05, 0) is 56.1 Å². The lowest BCUT2D eigenvalue weighted by Crippen LogP contribution is -3.28. The molecule has 0 aliphatic carbocycles. The van der Waals surface area contributed by atoms with Gasteiger partial charge in [0, 0.05) is 5.69 Å². The zero-order valence-electron chi connectivity index (χ0n) is 16.5. The summed E-state index contributed by atoms with van der Waals surface area (Å²) in [5, 5.41) is 9.83. The highest BCUT2D eigenvalue weighted by Gasteiger charge is 2.34. The van der Waals surface area contributed by atoms with E-state index in [1.54, 1.807) is 9.80 Å². The molecule has 1 saturated heterocycles. The molecule has 0 spiro atoms. The van der Waals surface area contributed by atoms with E-state index in [0.29, 0.717) is 11.2 Å². The zero-order chi connectivity index (χ0) is 19.2. The van der Waals surface area contributed by atoms with Gasteiger partial charge in [0.1, 0.15) is 32.2 Å². The quantitative estimate of drug-likeness (QED) is 0.548. The molecule has 27 heavy (non-hydrogen) atoms. The van der Waals surface area contributed by atoms with Gasteiger partial charge >= 0.3 is 0 Å². The SMILES string of the molecule is CC[NH+]1CC[NH+]([C@@H](c2cccs2)[C@H](C)NC(=S)Nc2ccccc2C)CC1. The molecular weight excluding hydrogens is 372 g/mol. The lowest BCUT2D eigenvalue weighted by atomic mass is 10.0. The van der Waals surface area contributed by atoms with Crippen molar-refractivity contribution in [1.82, 2.24) is 5.32 Å². The first-order chi connectivity index (χ1) is 13.1. The maximum Gasteiger partial charge on any atom is 0.171 e. The first-order valence-corrected chi connectivity index (χ1v) is 11.2. The topological polar surface area (TPSA) is 32.9 Å². The van der Waals surface area contributed by atoms with Crippen LogP contribution in [0.15, 0.2) is 41.8 Å². The molecule has 0 saturated carbocycles. The second kappa shape index (κ2) is 9.64. The van der Waals surface area contributed by atoms with E-state index in [1.165, 1.54) is 43.2 Å². The highest BCUT2D eigenvalue weighted by Crippen LogP contribution is 2.20. The third kappa shape index (κ3) is 5.29. The van der Waals surface area contributed by atoms with E-state index in [-0.39, 0.29) is 6.04 Å². The molecule has 1 aliphatic rings. The van der Waals surface area contributed by atoms with Crippen LogP contribution in [0.4, 0.5) is 5.69 Å². The summed E-state index contributed by atoms with van der Waals surface area (Å²) in [4.78, 5) is 4.85. The minimum Gasteiger partial charge on any atom is -0.354 e. The lowest BCUT2D eigenvalue weighted by molar-refractivity contribution is -1.03. The van der Waals surface area contributed by atoms with Crippen molar-refractivity contribution in [2.24, 2.45) is 0 Å². The molecule has 6 heteroatoms. The molecule has 4 nitrogen and oxygen atoms in total. The minimum atomic E-state index is 0.269. The summed E-state index contributed by atoms with van der Waals surface area (Å²) in [6.45, 7) is 12.8. The van der Waals surface area contributed by atoms with Gasteiger partial charge in [0.2, 0.25) is 0 Å². The normalized spacial score (nSPS) is 22.0. The van der Waals surface area contributed by atoms with Crippen molar-refractivity contribution in [2.45, 2.75) is 32.9 Å². The summed E-state index contributed by atoms with van der Waals surface area (Å²) in [5.41, 5.74) is 2.27. The van der Waals surface area contributed by atoms with Crippen molar-refractivity contribution in [1.29, 1.82) is 0 Å². The van der Waals surface area contributed by atoms with Gasteiger partial charge < -0.3 is 20.4 Å². The Morgan fingerprint density at radius 1 is 1.15 bits per heavy atom. The Morgan fingerprint density at radius 2 is 1.89 bits per heavy atom. The van der Waals surface area contributed by atoms with Gasteiger partial charge in [0.15, 0.2) is 5.11 Å². The van der Waals surface area contributed by atoms with Crippen molar-refractivity contribution in [2.75, 3.05) is 38.0 Å². The number of thiocarbonyl (C=S) groups is 1. The summed E-state index contributed by atoms with van der Waals surface area (Å²) in [6, 6.07) is 13.4. The molecule has 4 N–H and O–H groups in total. The van der Waals surface area contributed by atoms with Crippen LogP contribution in [0.3, 0.4) is 0 Å². The van der Waals surface area contributed by atoms with Crippen molar-refractivity contribution in [3.8, 4) is 0 Å². The van der Waals surface area contributed by atoms with E-state index in [1.807, 2.05) is 23.5 Å². The average molecular weight is 405 g/mol. The largest absolute Gasteiger partial charge is 0.354 e. The first kappa shape index (κ1) is 20.3. The fourth-order valence-electron chi connectivity index (χ4n) is 4.02. The second-order valence-electron chi connectivity index (χ2n) is 7.46. The number of piperazine rings is 1. The number of quaternary nitrogens is 2. The highest BCUT2D eigenvalue weighted by atomic mass is 32.1. The Kier molecular flexibility index (Phi) is 7.24. The summed E-state index contributed by atoms with van der Waals surface area (Å²) in [5.74, 6) is 0. The number of aryl methyl sites for hydroxylation is 1. The Hall–Kier alpha value is -1.47. The van der Waals surface area contributed by atoms with Crippen LogP contribution in [0, 0.1) is 6.92 Å². The maximum absolute atomic E-state index is 5.63. The predicted octanol–water partition coefficient (Wildman–Crippen LogP) is 1.28. The number of benzene rings is 1. The van der Waals surface area contributed by atoms with Gasteiger partial charge in [0.05, 0.1) is 17.5 Å². The van der Waals surface area contributed by atoms with Crippen LogP contribution in [0.1, 0.15) is 30.3 Å². The molecule has 1 fully saturated rings. The molecule has 3 rings (SSSR count). The molecule has 1 aliphatic heterocycles. The van der Waals surface area contributed by atoms with E-state index in [0.717, 1.165) is 5.69 Å². The highest BCUT2D eigenvalue weighted by molar-refractivity contribution is 7.80. The Bertz CT molecular complexity index is 724. The van der Waals surface area contributed by atoms with Gasteiger partial charge in [-0.15, -0.1) is 11.3 Å². The number of hydrogen-bond acceptors (Lipinski definition) is 2. The average Bonchev–Trinajstić information content (AvgIpc) is 3.18. The first-order valence-electron chi connectivity index (χ1n) is 9.93. The Labute approximate surface area is 172 Å². The molecule has 1 aromatic heterocycles. The van der Waals surface area contributed by atoms with Crippen molar-refractivity contribution >= 4 is 34.4 Å². The smallest absolute Gasteiger partial charge is 0.171 e. The fourth-order valence-corrected chi connectivity index (χ4v) is 5.30. The molecular formula is C21H32N4S2+2. The summed E-state index contributed by atoms with van der Waals surface area (Å²) < 4.78 is 0. The number of nitrogens with one attached hydrogen (secondary N) is 4. The third-order valence-electron chi connectivity index (χ3n) is 5.64. The van der Waals surface area contributed by atoms with Crippen molar-refractivity contribution < 1.29 is 9.80 Å². The van der Waals surface area contributed by atoms with Crippen molar-refractivity contribution in [3.05, 3.63) is 52.2 Å². The fraction of sp³-hybridized carbons (Fsp3) is 0.476. The van der Waals surface area contributed by atoms with Crippen molar-refractivity contribution in [3.63, 3.8) is 0 Å². The second-order valence-corrected chi connectivity index (χ2v) is 8.84. The summed E-state index contributed by atoms with van der Waals surface area (Å²) in [7, 11) is 0. The van der Waals surface area contributed by atoms with Crippen LogP contribution in [0.25, 0.3) is 0 Å². The van der Waals surface area contributed by atoms with E-state index >= 15 is 0 Å². The molecule has 2 heterocycles. The van der Waals surface area contributed by atoms with E-state index < -0.39 is 0 Å². The van der Waals surface area contributed by atoms with Crippen LogP contribution < -0.4 is 20.4 Å². The van der Waals surface area contributed by atoms with Crippen LogP contribution in [-0.4, -0.2) is 43.9 Å². The Morgan fingerprint density at radius 3 is 2.52 bits per heavy atom. The number of likely N-dealkylation sites (N-methyl/N-ethyl adjacent to an activating group) is 1. The lowest BCUT2D eigenvalue weighted by Gasteiger charge is -2.37. The van der Waals surface area contributed by atoms with Crippen LogP contribution in [-0.2, 0) is 0 Å². The molecule has 0 bridgehead atoms. The van der Waals surface area contributed by atoms with Gasteiger partial charge in [0.25, 0.3) is 0 Å².